The summed E-state index contributed by atoms with van der Waals surface area (Å²) in [5.74, 6) is 0.229. The predicted molar refractivity (Wildman–Crippen MR) is 108 cm³/mol. The van der Waals surface area contributed by atoms with Crippen LogP contribution in [0.25, 0.3) is 0 Å². The Morgan fingerprint density at radius 3 is 1.84 bits per heavy atom. The number of allylic oxidation sites excluding steroid dienone is 4. The van der Waals surface area contributed by atoms with Crippen LogP contribution in [0.4, 0.5) is 0 Å². The maximum absolute atomic E-state index is 9.27. The van der Waals surface area contributed by atoms with Gasteiger partial charge in [-0.2, -0.15) is 6.08 Å². The van der Waals surface area contributed by atoms with Crippen molar-refractivity contribution in [1.82, 2.24) is 0 Å². The fourth-order valence-electron chi connectivity index (χ4n) is 1.93. The van der Waals surface area contributed by atoms with Crippen LogP contribution in [-0.4, -0.2) is 8.92 Å². The van der Waals surface area contributed by atoms with Crippen molar-refractivity contribution in [2.75, 3.05) is 0 Å². The zero-order chi connectivity index (χ0) is 19.8. The van der Waals surface area contributed by atoms with Crippen molar-refractivity contribution in [1.29, 1.82) is 0 Å². The Hall–Kier alpha value is -0.626. The van der Waals surface area contributed by atoms with Crippen LogP contribution in [0.15, 0.2) is 35.9 Å². The minimum absolute atomic E-state index is 0.0301. The topological polar surface area (TPSA) is 20.2 Å². The van der Waals surface area contributed by atoms with Crippen molar-refractivity contribution >= 4 is 15.4 Å². The molecule has 0 atom stereocenters. The van der Waals surface area contributed by atoms with Crippen LogP contribution >= 0.6 is 11.6 Å². The summed E-state index contributed by atoms with van der Waals surface area (Å²) in [6.07, 6.45) is 8.63. The van der Waals surface area contributed by atoms with Crippen molar-refractivity contribution in [3.05, 3.63) is 52.6 Å². The molecule has 1 aromatic rings. The SMILES string of the molecule is CC(C)(C)C1=[C-]CC=C1.CC(C)(C)c1cc(O)cc(Cl)c1.C[C](C)=[Ti+]. The van der Waals surface area contributed by atoms with Gasteiger partial charge in [-0.05, 0) is 34.6 Å². The molecule has 0 aromatic heterocycles. The van der Waals surface area contributed by atoms with Crippen molar-refractivity contribution in [3.63, 3.8) is 0 Å². The maximum atomic E-state index is 9.27. The molecule has 0 bridgehead atoms. The summed E-state index contributed by atoms with van der Waals surface area (Å²) in [6, 6.07) is 5.16. The summed E-state index contributed by atoms with van der Waals surface area (Å²) in [6.45, 7) is 17.1. The molecule has 0 aliphatic heterocycles. The molecule has 0 unspecified atom stereocenters. The van der Waals surface area contributed by atoms with E-state index in [-0.39, 0.29) is 11.2 Å². The van der Waals surface area contributed by atoms with E-state index >= 15 is 0 Å². The zero-order valence-electron chi connectivity index (χ0n) is 16.9. The van der Waals surface area contributed by atoms with Crippen LogP contribution in [0.1, 0.15) is 67.4 Å². The summed E-state index contributed by atoms with van der Waals surface area (Å²) in [4.78, 5) is 0. The number of hydrogen-bond acceptors (Lipinski definition) is 1. The first-order chi connectivity index (χ1) is 11.2. The summed E-state index contributed by atoms with van der Waals surface area (Å²) >= 11 is 7.88. The fraction of sp³-hybridized carbons (Fsp3) is 0.500. The molecule has 137 valence electrons. The Morgan fingerprint density at radius 2 is 1.56 bits per heavy atom. The van der Waals surface area contributed by atoms with Crippen molar-refractivity contribution in [2.24, 2.45) is 5.41 Å². The molecular weight excluding hydrogens is 364 g/mol. The fourth-order valence-corrected chi connectivity index (χ4v) is 2.16. The number of aromatic hydroxyl groups is 1. The number of phenolic OH excluding ortho intramolecular Hbond substituents is 1. The van der Waals surface area contributed by atoms with Crippen LogP contribution in [0, 0.1) is 11.5 Å². The van der Waals surface area contributed by atoms with E-state index in [9.17, 15) is 5.11 Å². The van der Waals surface area contributed by atoms with E-state index in [2.05, 4.69) is 93.6 Å². The van der Waals surface area contributed by atoms with Gasteiger partial charge in [-0.25, -0.2) is 11.6 Å². The molecular formula is C22H32ClOTi. The van der Waals surface area contributed by atoms with Gasteiger partial charge in [0.25, 0.3) is 0 Å². The minimum atomic E-state index is 0.0301. The van der Waals surface area contributed by atoms with Crippen LogP contribution in [0.5, 0.6) is 5.75 Å². The number of rotatable bonds is 0. The van der Waals surface area contributed by atoms with Gasteiger partial charge in [0.2, 0.25) is 0 Å². The Balaban J connectivity index is 0.000000391. The third-order valence-electron chi connectivity index (χ3n) is 3.25. The van der Waals surface area contributed by atoms with E-state index in [0.717, 1.165) is 12.0 Å². The molecule has 1 aromatic carbocycles. The third kappa shape index (κ3) is 11.6. The van der Waals surface area contributed by atoms with Crippen LogP contribution in [-0.2, 0) is 25.4 Å². The second-order valence-electron chi connectivity index (χ2n) is 8.40. The quantitative estimate of drug-likeness (QED) is 0.378. The normalized spacial score (nSPS) is 13.3. The van der Waals surface area contributed by atoms with Gasteiger partial charge >= 0.3 is 37.6 Å². The van der Waals surface area contributed by atoms with Crippen LogP contribution in [0.2, 0.25) is 5.02 Å². The van der Waals surface area contributed by atoms with E-state index in [0.29, 0.717) is 10.4 Å². The molecule has 1 aliphatic rings. The molecule has 1 aliphatic carbocycles. The van der Waals surface area contributed by atoms with E-state index in [1.165, 1.54) is 15.5 Å². The molecule has 0 amide bonds. The summed E-state index contributed by atoms with van der Waals surface area (Å²) in [7, 11) is 0. The van der Waals surface area contributed by atoms with Gasteiger partial charge in [0.1, 0.15) is 5.75 Å². The second-order valence-corrected chi connectivity index (χ2v) is 10.4. The second kappa shape index (κ2) is 10.5. The predicted octanol–water partition coefficient (Wildman–Crippen LogP) is 6.81. The molecule has 25 heavy (non-hydrogen) atoms. The molecule has 0 saturated carbocycles. The summed E-state index contributed by atoms with van der Waals surface area (Å²) < 4.78 is 1.42. The number of hydrogen-bond donors (Lipinski definition) is 1. The number of benzene rings is 1. The van der Waals surface area contributed by atoms with E-state index in [1.54, 1.807) is 6.07 Å². The van der Waals surface area contributed by atoms with Crippen molar-refractivity contribution in [3.8, 4) is 5.75 Å². The van der Waals surface area contributed by atoms with Gasteiger partial charge < -0.3 is 5.11 Å². The molecule has 3 heteroatoms. The first kappa shape index (κ1) is 24.4. The Morgan fingerprint density at radius 1 is 1.04 bits per heavy atom. The van der Waals surface area contributed by atoms with Gasteiger partial charge in [-0.15, -0.1) is 6.42 Å². The van der Waals surface area contributed by atoms with E-state index < -0.39 is 0 Å². The molecule has 0 radical (unpaired) electrons. The third-order valence-corrected chi connectivity index (χ3v) is 3.47. The Kier molecular flexibility index (Phi) is 10.2. The number of phenols is 1. The summed E-state index contributed by atoms with van der Waals surface area (Å²) in [5.41, 5.74) is 2.73. The van der Waals surface area contributed by atoms with Crippen LogP contribution in [0.3, 0.4) is 0 Å². The molecule has 2 rings (SSSR count). The van der Waals surface area contributed by atoms with Crippen molar-refractivity contribution in [2.45, 2.75) is 67.2 Å². The van der Waals surface area contributed by atoms with E-state index in [1.807, 2.05) is 6.07 Å². The first-order valence-corrected chi connectivity index (χ1v) is 9.69. The standard InChI is InChI=1S/C10H13ClO.C9H13.C3H6.Ti/c1-10(2,3)7-4-8(11)6-9(12)5-7;1-9(2,3)8-6-4-5-7-8;1-3-2;/h4-6,12H,1-3H3;4,6H,5H2,1-3H3;1-2H3;/q;-1;;+1. The molecule has 1 N–H and O–H groups in total. The first-order valence-electron chi connectivity index (χ1n) is 8.53. The Labute approximate surface area is 171 Å². The van der Waals surface area contributed by atoms with Gasteiger partial charge in [-0.1, -0.05) is 53.1 Å². The monoisotopic (exact) mass is 395 g/mol. The molecule has 0 heterocycles. The molecule has 0 saturated heterocycles. The van der Waals surface area contributed by atoms with Gasteiger partial charge in [0.05, 0.1) is 0 Å². The van der Waals surface area contributed by atoms with Gasteiger partial charge in [0.15, 0.2) is 0 Å². The van der Waals surface area contributed by atoms with Gasteiger partial charge in [0, 0.05) is 5.02 Å². The van der Waals surface area contributed by atoms with Crippen molar-refractivity contribution < 1.29 is 25.1 Å². The average Bonchev–Trinajstić information content (AvgIpc) is 2.89. The summed E-state index contributed by atoms with van der Waals surface area (Å²) in [5, 5.41) is 9.86. The zero-order valence-corrected chi connectivity index (χ0v) is 19.2. The molecule has 1 nitrogen and oxygen atoms in total. The number of halogens is 1. The average molecular weight is 396 g/mol. The van der Waals surface area contributed by atoms with Gasteiger partial charge in [-0.3, -0.25) is 6.08 Å². The van der Waals surface area contributed by atoms with E-state index in [4.69, 9.17) is 11.6 Å². The Bertz CT molecular complexity index is 604. The molecule has 0 spiro atoms. The molecule has 0 fully saturated rings. The van der Waals surface area contributed by atoms with Crippen LogP contribution < -0.4 is 0 Å².